The van der Waals surface area contributed by atoms with E-state index in [4.69, 9.17) is 21.8 Å². The van der Waals surface area contributed by atoms with Gasteiger partial charge in [0, 0.05) is 11.6 Å². The number of hydrogen-bond acceptors (Lipinski definition) is 4. The van der Waals surface area contributed by atoms with Gasteiger partial charge >= 0.3 is 5.97 Å². The maximum Gasteiger partial charge on any atom is 0.338 e. The molecule has 0 aromatic heterocycles. The van der Waals surface area contributed by atoms with Gasteiger partial charge < -0.3 is 10.2 Å². The molecule has 0 saturated heterocycles. The van der Waals surface area contributed by atoms with Crippen LogP contribution in [0.3, 0.4) is 0 Å². The first kappa shape index (κ1) is 17.9. The zero-order valence-electron chi connectivity index (χ0n) is 11.2. The van der Waals surface area contributed by atoms with Gasteiger partial charge in [-0.1, -0.05) is 24.4 Å². The van der Waals surface area contributed by atoms with E-state index >= 15 is 0 Å². The molecular formula is C13H16ClFO5S. The Morgan fingerprint density at radius 2 is 1.81 bits per heavy atom. The van der Waals surface area contributed by atoms with Gasteiger partial charge in [-0.05, 0) is 25.0 Å². The molecule has 2 N–H and O–H groups in total. The average molecular weight is 339 g/mol. The Balaban J connectivity index is 2.95. The zero-order valence-corrected chi connectivity index (χ0v) is 12.8. The number of carboxylic acids is 1. The summed E-state index contributed by atoms with van der Waals surface area (Å²) in [6.45, 7) is 0.0393. The molecule has 0 amide bonds. The average Bonchev–Trinajstić information content (AvgIpc) is 2.40. The van der Waals surface area contributed by atoms with E-state index in [9.17, 15) is 17.6 Å². The number of benzene rings is 1. The van der Waals surface area contributed by atoms with Crippen LogP contribution >= 0.6 is 11.6 Å². The van der Waals surface area contributed by atoms with Crippen LogP contribution in [0.25, 0.3) is 0 Å². The van der Waals surface area contributed by atoms with Gasteiger partial charge in [-0.25, -0.2) is 17.6 Å². The third kappa shape index (κ3) is 4.94. The van der Waals surface area contributed by atoms with Crippen molar-refractivity contribution in [3.63, 3.8) is 0 Å². The van der Waals surface area contributed by atoms with Crippen LogP contribution in [0.1, 0.15) is 36.0 Å². The SMILES string of the molecule is O=C(O)c1cc(Cl)cc(S(=O)(=O)CCCCCCO)c1F. The predicted molar refractivity (Wildman–Crippen MR) is 76.0 cm³/mol. The second-order valence-electron chi connectivity index (χ2n) is 4.53. The summed E-state index contributed by atoms with van der Waals surface area (Å²) in [5.41, 5.74) is -0.763. The summed E-state index contributed by atoms with van der Waals surface area (Å²) in [6.07, 6.45) is 2.13. The normalized spacial score (nSPS) is 11.6. The molecule has 8 heteroatoms. The standard InChI is InChI=1S/C13H16ClFO5S/c14-9-7-10(13(17)18)12(15)11(8-9)21(19,20)6-4-2-1-3-5-16/h7-8,16H,1-6H2,(H,17,18). The lowest BCUT2D eigenvalue weighted by Gasteiger charge is -2.08. The number of sulfone groups is 1. The van der Waals surface area contributed by atoms with Crippen molar-refractivity contribution >= 4 is 27.4 Å². The van der Waals surface area contributed by atoms with Crippen LogP contribution in [0, 0.1) is 5.82 Å². The number of unbranched alkanes of at least 4 members (excludes halogenated alkanes) is 3. The van der Waals surface area contributed by atoms with Crippen molar-refractivity contribution in [1.82, 2.24) is 0 Å². The summed E-state index contributed by atoms with van der Waals surface area (Å²) in [5.74, 6) is -3.16. The number of aliphatic hydroxyl groups excluding tert-OH is 1. The molecule has 0 aliphatic heterocycles. The molecule has 0 aliphatic carbocycles. The minimum Gasteiger partial charge on any atom is -0.478 e. The van der Waals surface area contributed by atoms with E-state index in [-0.39, 0.29) is 17.4 Å². The van der Waals surface area contributed by atoms with Crippen molar-refractivity contribution in [3.05, 3.63) is 28.5 Å². The van der Waals surface area contributed by atoms with Gasteiger partial charge in [-0.3, -0.25) is 0 Å². The molecular weight excluding hydrogens is 323 g/mol. The molecule has 0 saturated carbocycles. The highest BCUT2D eigenvalue weighted by molar-refractivity contribution is 7.91. The van der Waals surface area contributed by atoms with E-state index in [1.807, 2.05) is 0 Å². The smallest absolute Gasteiger partial charge is 0.338 e. The lowest BCUT2D eigenvalue weighted by Crippen LogP contribution is -2.12. The van der Waals surface area contributed by atoms with Gasteiger partial charge in [0.25, 0.3) is 0 Å². The van der Waals surface area contributed by atoms with E-state index < -0.39 is 32.1 Å². The Morgan fingerprint density at radius 3 is 2.38 bits per heavy atom. The molecule has 5 nitrogen and oxygen atoms in total. The van der Waals surface area contributed by atoms with Crippen molar-refractivity contribution in [2.75, 3.05) is 12.4 Å². The highest BCUT2D eigenvalue weighted by Gasteiger charge is 2.24. The molecule has 1 rings (SSSR count). The fourth-order valence-electron chi connectivity index (χ4n) is 1.81. The van der Waals surface area contributed by atoms with E-state index in [1.165, 1.54) is 0 Å². The van der Waals surface area contributed by atoms with Crippen molar-refractivity contribution in [1.29, 1.82) is 0 Å². The first-order valence-corrected chi connectivity index (χ1v) is 8.38. The van der Waals surface area contributed by atoms with Crippen molar-refractivity contribution in [2.45, 2.75) is 30.6 Å². The van der Waals surface area contributed by atoms with Gasteiger partial charge in [0.1, 0.15) is 4.90 Å². The molecule has 1 aromatic rings. The van der Waals surface area contributed by atoms with E-state index in [2.05, 4.69) is 0 Å². The molecule has 0 unspecified atom stereocenters. The largest absolute Gasteiger partial charge is 0.478 e. The number of aliphatic hydroxyl groups is 1. The van der Waals surface area contributed by atoms with Gasteiger partial charge in [0.15, 0.2) is 15.7 Å². The lowest BCUT2D eigenvalue weighted by molar-refractivity contribution is 0.0691. The van der Waals surface area contributed by atoms with Crippen molar-refractivity contribution < 1.29 is 27.8 Å². The fraction of sp³-hybridized carbons (Fsp3) is 0.462. The molecule has 118 valence electrons. The minimum atomic E-state index is -3.94. The number of hydrogen-bond donors (Lipinski definition) is 2. The zero-order chi connectivity index (χ0) is 16.0. The van der Waals surface area contributed by atoms with E-state index in [0.29, 0.717) is 25.7 Å². The molecule has 0 aliphatic rings. The van der Waals surface area contributed by atoms with Gasteiger partial charge in [0.05, 0.1) is 11.3 Å². The van der Waals surface area contributed by atoms with E-state index in [1.54, 1.807) is 0 Å². The summed E-state index contributed by atoms with van der Waals surface area (Å²) >= 11 is 5.65. The quantitative estimate of drug-likeness (QED) is 0.710. The van der Waals surface area contributed by atoms with Crippen molar-refractivity contribution in [2.24, 2.45) is 0 Å². The topological polar surface area (TPSA) is 91.7 Å². The third-order valence-corrected chi connectivity index (χ3v) is 4.90. The van der Waals surface area contributed by atoms with Crippen LogP contribution in [-0.2, 0) is 9.84 Å². The fourth-order valence-corrected chi connectivity index (χ4v) is 3.59. The van der Waals surface area contributed by atoms with Crippen molar-refractivity contribution in [3.8, 4) is 0 Å². The Hall–Kier alpha value is -1.18. The lowest BCUT2D eigenvalue weighted by atomic mass is 10.2. The van der Waals surface area contributed by atoms with Crippen LogP contribution in [0.2, 0.25) is 5.02 Å². The first-order valence-electron chi connectivity index (χ1n) is 6.35. The highest BCUT2D eigenvalue weighted by atomic mass is 35.5. The molecule has 0 atom stereocenters. The summed E-state index contributed by atoms with van der Waals surface area (Å²) in [6, 6.07) is 1.80. The minimum absolute atomic E-state index is 0.0393. The number of carbonyl (C=O) groups is 1. The van der Waals surface area contributed by atoms with Crippen LogP contribution in [0.4, 0.5) is 4.39 Å². The maximum absolute atomic E-state index is 14.0. The number of halogens is 2. The van der Waals surface area contributed by atoms with Crippen LogP contribution in [0.15, 0.2) is 17.0 Å². The molecule has 0 heterocycles. The number of aromatic carboxylic acids is 1. The van der Waals surface area contributed by atoms with Crippen LogP contribution < -0.4 is 0 Å². The van der Waals surface area contributed by atoms with Gasteiger partial charge in [0.2, 0.25) is 0 Å². The summed E-state index contributed by atoms with van der Waals surface area (Å²) in [4.78, 5) is 10.2. The summed E-state index contributed by atoms with van der Waals surface area (Å²) in [7, 11) is -3.94. The first-order chi connectivity index (χ1) is 9.79. The molecule has 0 fully saturated rings. The summed E-state index contributed by atoms with van der Waals surface area (Å²) < 4.78 is 38.1. The Labute approximate surface area is 127 Å². The molecule has 0 spiro atoms. The van der Waals surface area contributed by atoms with Gasteiger partial charge in [-0.15, -0.1) is 0 Å². The number of rotatable bonds is 8. The Kier molecular flexibility index (Phi) is 6.57. The maximum atomic E-state index is 14.0. The third-order valence-electron chi connectivity index (χ3n) is 2.89. The van der Waals surface area contributed by atoms with Crippen LogP contribution in [0.5, 0.6) is 0 Å². The predicted octanol–water partition coefficient (Wildman–Crippen LogP) is 2.50. The van der Waals surface area contributed by atoms with Crippen LogP contribution in [-0.4, -0.2) is 37.0 Å². The molecule has 21 heavy (non-hydrogen) atoms. The monoisotopic (exact) mass is 338 g/mol. The Morgan fingerprint density at radius 1 is 1.19 bits per heavy atom. The number of carboxylic acid groups (broad SMARTS) is 1. The van der Waals surface area contributed by atoms with E-state index in [0.717, 1.165) is 12.1 Å². The Bertz CT molecular complexity index is 615. The molecule has 1 aromatic carbocycles. The van der Waals surface area contributed by atoms with Gasteiger partial charge in [-0.2, -0.15) is 0 Å². The highest BCUT2D eigenvalue weighted by Crippen LogP contribution is 2.25. The summed E-state index contributed by atoms with van der Waals surface area (Å²) in [5, 5.41) is 17.3. The molecule has 0 radical (unpaired) electrons. The second-order valence-corrected chi connectivity index (χ2v) is 7.04. The second kappa shape index (κ2) is 7.72. The molecule has 0 bridgehead atoms.